The van der Waals surface area contributed by atoms with Crippen LogP contribution in [0.15, 0.2) is 59.7 Å². The van der Waals surface area contributed by atoms with Crippen molar-refractivity contribution < 1.29 is 9.59 Å². The van der Waals surface area contributed by atoms with Gasteiger partial charge in [-0.3, -0.25) is 19.5 Å². The van der Waals surface area contributed by atoms with E-state index in [9.17, 15) is 14.4 Å². The third kappa shape index (κ3) is 4.69. The molecule has 8 nitrogen and oxygen atoms in total. The Labute approximate surface area is 155 Å². The van der Waals surface area contributed by atoms with Crippen LogP contribution < -0.4 is 16.1 Å². The fourth-order valence-electron chi connectivity index (χ4n) is 2.47. The molecule has 0 saturated carbocycles. The summed E-state index contributed by atoms with van der Waals surface area (Å²) in [7, 11) is 0. The van der Waals surface area contributed by atoms with Crippen molar-refractivity contribution in [3.63, 3.8) is 0 Å². The fraction of sp³-hybridized carbons (Fsp3) is 0.158. The number of amides is 2. The van der Waals surface area contributed by atoms with Crippen LogP contribution in [-0.2, 0) is 0 Å². The van der Waals surface area contributed by atoms with E-state index in [1.807, 2.05) is 30.3 Å². The molecule has 0 aliphatic rings. The van der Waals surface area contributed by atoms with Crippen molar-refractivity contribution in [2.24, 2.45) is 0 Å². The van der Waals surface area contributed by atoms with Gasteiger partial charge < -0.3 is 15.6 Å². The highest BCUT2D eigenvalue weighted by molar-refractivity contribution is 5.94. The predicted molar refractivity (Wildman–Crippen MR) is 100 cm³/mol. The third-order valence-corrected chi connectivity index (χ3v) is 3.89. The summed E-state index contributed by atoms with van der Waals surface area (Å²) in [5.41, 5.74) is 1.71. The molecule has 0 radical (unpaired) electrons. The monoisotopic (exact) mass is 365 g/mol. The smallest absolute Gasteiger partial charge is 0.269 e. The highest BCUT2D eigenvalue weighted by Gasteiger charge is 2.11. The average Bonchev–Trinajstić information content (AvgIpc) is 3.19. The molecule has 0 unspecified atom stereocenters. The molecule has 3 aromatic rings. The zero-order valence-electron chi connectivity index (χ0n) is 14.5. The second-order valence-electron chi connectivity index (χ2n) is 5.82. The molecule has 2 aromatic heterocycles. The summed E-state index contributed by atoms with van der Waals surface area (Å²) in [6.45, 7) is 0.718. The third-order valence-electron chi connectivity index (χ3n) is 3.89. The van der Waals surface area contributed by atoms with Gasteiger partial charge in [-0.15, -0.1) is 0 Å². The number of aromatic nitrogens is 3. The van der Waals surface area contributed by atoms with Crippen LogP contribution in [0.2, 0.25) is 0 Å². The summed E-state index contributed by atoms with van der Waals surface area (Å²) in [6, 6.07) is 12.5. The van der Waals surface area contributed by atoms with Gasteiger partial charge in [-0.25, -0.2) is 0 Å². The number of aromatic amines is 2. The second-order valence-corrected chi connectivity index (χ2v) is 5.82. The molecule has 0 saturated heterocycles. The van der Waals surface area contributed by atoms with E-state index in [1.54, 1.807) is 6.07 Å². The molecule has 0 aliphatic heterocycles. The van der Waals surface area contributed by atoms with Crippen LogP contribution in [0, 0.1) is 0 Å². The Bertz CT molecular complexity index is 978. The quantitative estimate of drug-likeness (QED) is 0.472. The molecular formula is C19H19N5O3. The van der Waals surface area contributed by atoms with E-state index in [4.69, 9.17) is 0 Å². The molecule has 27 heavy (non-hydrogen) atoms. The van der Waals surface area contributed by atoms with Crippen molar-refractivity contribution in [1.29, 1.82) is 0 Å². The Morgan fingerprint density at radius 3 is 2.48 bits per heavy atom. The van der Waals surface area contributed by atoms with E-state index in [-0.39, 0.29) is 16.9 Å². The first kappa shape index (κ1) is 18.1. The first-order valence-electron chi connectivity index (χ1n) is 8.49. The summed E-state index contributed by atoms with van der Waals surface area (Å²) in [5, 5.41) is 12.3. The lowest BCUT2D eigenvalue weighted by molar-refractivity contribution is 0.0947. The maximum Gasteiger partial charge on any atom is 0.269 e. The maximum atomic E-state index is 12.1. The topological polar surface area (TPSA) is 120 Å². The van der Waals surface area contributed by atoms with Crippen LogP contribution in [0.3, 0.4) is 0 Å². The number of carbonyl (C=O) groups excluding carboxylic acids is 2. The lowest BCUT2D eigenvalue weighted by atomic mass is 10.1. The lowest BCUT2D eigenvalue weighted by Crippen LogP contribution is -2.32. The number of rotatable bonds is 7. The van der Waals surface area contributed by atoms with Crippen LogP contribution in [-0.4, -0.2) is 40.1 Å². The highest BCUT2D eigenvalue weighted by Crippen LogP contribution is 2.16. The minimum atomic E-state index is -0.441. The first-order valence-corrected chi connectivity index (χ1v) is 8.49. The van der Waals surface area contributed by atoms with E-state index in [0.29, 0.717) is 30.9 Å². The zero-order chi connectivity index (χ0) is 19.1. The molecule has 4 N–H and O–H groups in total. The van der Waals surface area contributed by atoms with Crippen LogP contribution in [0.4, 0.5) is 0 Å². The Kier molecular flexibility index (Phi) is 5.78. The van der Waals surface area contributed by atoms with Crippen LogP contribution in [0.5, 0.6) is 0 Å². The Morgan fingerprint density at radius 1 is 1.00 bits per heavy atom. The molecule has 0 atom stereocenters. The summed E-state index contributed by atoms with van der Waals surface area (Å²) < 4.78 is 0. The number of nitrogens with zero attached hydrogens (tertiary/aromatic N) is 1. The minimum Gasteiger partial charge on any atom is -0.367 e. The Balaban J connectivity index is 1.43. The van der Waals surface area contributed by atoms with Crippen molar-refractivity contribution >= 4 is 11.8 Å². The molecule has 3 rings (SSSR count). The molecule has 2 amide bonds. The molecule has 1 aromatic carbocycles. The van der Waals surface area contributed by atoms with Gasteiger partial charge in [0.25, 0.3) is 11.8 Å². The van der Waals surface area contributed by atoms with Gasteiger partial charge in [0.2, 0.25) is 0 Å². The standard InChI is InChI=1S/C19H19N5O3/c25-17-7-10-20-12-14(17)18(26)21-8-4-9-22-19(27)16-11-15(23-24-16)13-5-2-1-3-6-13/h1-3,5-7,10-12H,4,8-9H2,(H,20,25)(H,21,26)(H,22,27)(H,23,24). The summed E-state index contributed by atoms with van der Waals surface area (Å²) in [5.74, 6) is -0.709. The fourth-order valence-corrected chi connectivity index (χ4v) is 2.47. The largest absolute Gasteiger partial charge is 0.367 e. The van der Waals surface area contributed by atoms with E-state index < -0.39 is 5.91 Å². The van der Waals surface area contributed by atoms with Gasteiger partial charge in [0, 0.05) is 37.1 Å². The summed E-state index contributed by atoms with van der Waals surface area (Å²) >= 11 is 0. The number of pyridine rings is 1. The van der Waals surface area contributed by atoms with Gasteiger partial charge in [-0.05, 0) is 12.5 Å². The minimum absolute atomic E-state index is 0.0624. The molecule has 0 aliphatic carbocycles. The molecular weight excluding hydrogens is 346 g/mol. The Morgan fingerprint density at radius 2 is 1.74 bits per heavy atom. The van der Waals surface area contributed by atoms with Crippen molar-refractivity contribution in [2.75, 3.05) is 13.1 Å². The second kappa shape index (κ2) is 8.61. The lowest BCUT2D eigenvalue weighted by Gasteiger charge is -2.05. The van der Waals surface area contributed by atoms with Crippen LogP contribution >= 0.6 is 0 Å². The van der Waals surface area contributed by atoms with Gasteiger partial charge >= 0.3 is 0 Å². The predicted octanol–water partition coefficient (Wildman–Crippen LogP) is 1.31. The number of nitrogens with one attached hydrogen (secondary N) is 4. The number of carbonyl (C=O) groups is 2. The molecule has 2 heterocycles. The molecule has 8 heteroatoms. The van der Waals surface area contributed by atoms with Crippen molar-refractivity contribution in [2.45, 2.75) is 6.42 Å². The number of H-pyrrole nitrogens is 2. The molecule has 138 valence electrons. The maximum absolute atomic E-state index is 12.1. The number of hydrogen-bond donors (Lipinski definition) is 4. The van der Waals surface area contributed by atoms with Gasteiger partial charge in [0.05, 0.1) is 5.69 Å². The van der Waals surface area contributed by atoms with Gasteiger partial charge in [-0.1, -0.05) is 30.3 Å². The molecule has 0 bridgehead atoms. The average molecular weight is 365 g/mol. The highest BCUT2D eigenvalue weighted by atomic mass is 16.2. The van der Waals surface area contributed by atoms with Crippen molar-refractivity contribution in [3.8, 4) is 11.3 Å². The normalized spacial score (nSPS) is 10.4. The van der Waals surface area contributed by atoms with E-state index in [2.05, 4.69) is 25.8 Å². The zero-order valence-corrected chi connectivity index (χ0v) is 14.5. The van der Waals surface area contributed by atoms with E-state index in [0.717, 1.165) is 5.56 Å². The molecule has 0 spiro atoms. The Hall–Kier alpha value is -3.68. The van der Waals surface area contributed by atoms with E-state index >= 15 is 0 Å². The summed E-state index contributed by atoms with van der Waals surface area (Å²) in [4.78, 5) is 38.3. The van der Waals surface area contributed by atoms with Crippen LogP contribution in [0.25, 0.3) is 11.3 Å². The summed E-state index contributed by atoms with van der Waals surface area (Å²) in [6.07, 6.45) is 3.36. The van der Waals surface area contributed by atoms with Gasteiger partial charge in [0.1, 0.15) is 11.3 Å². The first-order chi connectivity index (χ1) is 13.1. The number of benzene rings is 1. The number of hydrogen-bond acceptors (Lipinski definition) is 4. The van der Waals surface area contributed by atoms with Crippen molar-refractivity contribution in [1.82, 2.24) is 25.8 Å². The SMILES string of the molecule is O=C(NCCCNC(=O)c1c[nH]ccc1=O)c1cc(-c2ccccc2)n[nH]1. The van der Waals surface area contributed by atoms with Gasteiger partial charge in [0.15, 0.2) is 5.43 Å². The van der Waals surface area contributed by atoms with E-state index in [1.165, 1.54) is 18.5 Å². The van der Waals surface area contributed by atoms with Gasteiger partial charge in [-0.2, -0.15) is 5.10 Å². The van der Waals surface area contributed by atoms with Crippen molar-refractivity contribution in [3.05, 3.63) is 76.3 Å². The van der Waals surface area contributed by atoms with Crippen LogP contribution in [0.1, 0.15) is 27.3 Å². The molecule has 0 fully saturated rings.